The molecule has 0 spiro atoms. The summed E-state index contributed by atoms with van der Waals surface area (Å²) >= 11 is 0. The molecule has 0 aliphatic heterocycles. The van der Waals surface area contributed by atoms with Gasteiger partial charge in [0.15, 0.2) is 0 Å². The highest BCUT2D eigenvalue weighted by molar-refractivity contribution is 5.85. The Bertz CT molecular complexity index is 473. The summed E-state index contributed by atoms with van der Waals surface area (Å²) in [5.74, 6) is 0.727. The molecule has 0 radical (unpaired) electrons. The van der Waals surface area contributed by atoms with Crippen LogP contribution in [0.4, 0.5) is 0 Å². The van der Waals surface area contributed by atoms with Gasteiger partial charge >= 0.3 is 0 Å². The summed E-state index contributed by atoms with van der Waals surface area (Å²) in [4.78, 5) is 12.6. The van der Waals surface area contributed by atoms with E-state index < -0.39 is 0 Å². The van der Waals surface area contributed by atoms with Crippen LogP contribution in [0.2, 0.25) is 0 Å². The highest BCUT2D eigenvalue weighted by Crippen LogP contribution is 2.42. The van der Waals surface area contributed by atoms with Gasteiger partial charge in [0.25, 0.3) is 0 Å². The zero-order chi connectivity index (χ0) is 14.0. The third-order valence-electron chi connectivity index (χ3n) is 5.19. The molecule has 0 bridgehead atoms. The quantitative estimate of drug-likeness (QED) is 0.898. The molecule has 2 atom stereocenters. The SMILES string of the molecule is Cl.NC[C@H]1CCC[C@H]1C(=O)NC1(c2ccccc2)CCC1. The minimum Gasteiger partial charge on any atom is -0.346 e. The minimum atomic E-state index is -0.111. The molecule has 2 saturated carbocycles. The Labute approximate surface area is 133 Å². The average molecular weight is 309 g/mol. The Morgan fingerprint density at radius 2 is 1.90 bits per heavy atom. The van der Waals surface area contributed by atoms with E-state index in [0.717, 1.165) is 32.1 Å². The van der Waals surface area contributed by atoms with E-state index in [2.05, 4.69) is 29.6 Å². The van der Waals surface area contributed by atoms with Crippen molar-refractivity contribution in [3.8, 4) is 0 Å². The van der Waals surface area contributed by atoms with E-state index in [1.165, 1.54) is 12.0 Å². The Morgan fingerprint density at radius 3 is 2.48 bits per heavy atom. The molecule has 0 aromatic heterocycles. The van der Waals surface area contributed by atoms with Crippen LogP contribution in [0.3, 0.4) is 0 Å². The zero-order valence-corrected chi connectivity index (χ0v) is 13.2. The smallest absolute Gasteiger partial charge is 0.224 e. The van der Waals surface area contributed by atoms with Gasteiger partial charge in [-0.2, -0.15) is 0 Å². The van der Waals surface area contributed by atoms with E-state index in [9.17, 15) is 4.79 Å². The van der Waals surface area contributed by atoms with Gasteiger partial charge in [0.05, 0.1) is 5.54 Å². The van der Waals surface area contributed by atoms with Gasteiger partial charge in [0, 0.05) is 5.92 Å². The second-order valence-electron chi connectivity index (χ2n) is 6.32. The van der Waals surface area contributed by atoms with Crippen LogP contribution in [-0.2, 0) is 10.3 Å². The molecule has 0 heterocycles. The third kappa shape index (κ3) is 3.09. The number of amides is 1. The Balaban J connectivity index is 0.00000161. The zero-order valence-electron chi connectivity index (χ0n) is 12.4. The molecule has 3 nitrogen and oxygen atoms in total. The second-order valence-corrected chi connectivity index (χ2v) is 6.32. The number of halogens is 1. The van der Waals surface area contributed by atoms with Crippen molar-refractivity contribution in [2.24, 2.45) is 17.6 Å². The van der Waals surface area contributed by atoms with Crippen molar-refractivity contribution >= 4 is 18.3 Å². The number of nitrogens with one attached hydrogen (secondary N) is 1. The number of hydrogen-bond donors (Lipinski definition) is 2. The molecule has 1 aromatic carbocycles. The molecule has 3 rings (SSSR count). The maximum atomic E-state index is 12.6. The number of nitrogens with two attached hydrogens (primary N) is 1. The number of carbonyl (C=O) groups is 1. The van der Waals surface area contributed by atoms with Crippen LogP contribution in [0.15, 0.2) is 30.3 Å². The molecule has 1 amide bonds. The van der Waals surface area contributed by atoms with Crippen LogP contribution in [0.25, 0.3) is 0 Å². The van der Waals surface area contributed by atoms with E-state index in [0.29, 0.717) is 12.5 Å². The predicted molar refractivity (Wildman–Crippen MR) is 87.2 cm³/mol. The van der Waals surface area contributed by atoms with Gasteiger partial charge in [0.2, 0.25) is 5.91 Å². The lowest BCUT2D eigenvalue weighted by atomic mass is 9.71. The van der Waals surface area contributed by atoms with Crippen LogP contribution in [-0.4, -0.2) is 12.5 Å². The summed E-state index contributed by atoms with van der Waals surface area (Å²) in [6, 6.07) is 10.4. The number of benzene rings is 1. The first kappa shape index (κ1) is 16.3. The molecule has 2 fully saturated rings. The molecule has 0 saturated heterocycles. The fourth-order valence-corrected chi connectivity index (χ4v) is 3.77. The number of rotatable bonds is 4. The molecule has 0 unspecified atom stereocenters. The summed E-state index contributed by atoms with van der Waals surface area (Å²) in [5, 5.41) is 3.36. The summed E-state index contributed by atoms with van der Waals surface area (Å²) in [5.41, 5.74) is 6.94. The van der Waals surface area contributed by atoms with Gasteiger partial charge in [-0.25, -0.2) is 0 Å². The third-order valence-corrected chi connectivity index (χ3v) is 5.19. The molecule has 3 N–H and O–H groups in total. The topological polar surface area (TPSA) is 55.1 Å². The van der Waals surface area contributed by atoms with Crippen molar-refractivity contribution in [3.05, 3.63) is 35.9 Å². The van der Waals surface area contributed by atoms with E-state index in [4.69, 9.17) is 5.73 Å². The molecule has 116 valence electrons. The van der Waals surface area contributed by atoms with E-state index in [1.807, 2.05) is 6.07 Å². The van der Waals surface area contributed by atoms with Crippen LogP contribution in [0, 0.1) is 11.8 Å². The van der Waals surface area contributed by atoms with Crippen molar-refractivity contribution in [3.63, 3.8) is 0 Å². The average Bonchev–Trinajstić information content (AvgIpc) is 2.92. The summed E-state index contributed by atoms with van der Waals surface area (Å²) in [6.07, 6.45) is 6.55. The lowest BCUT2D eigenvalue weighted by Crippen LogP contribution is -2.53. The monoisotopic (exact) mass is 308 g/mol. The first-order valence-electron chi connectivity index (χ1n) is 7.83. The van der Waals surface area contributed by atoms with Crippen molar-refractivity contribution in [2.45, 2.75) is 44.1 Å². The summed E-state index contributed by atoms with van der Waals surface area (Å²) in [6.45, 7) is 0.635. The Morgan fingerprint density at radius 1 is 1.19 bits per heavy atom. The van der Waals surface area contributed by atoms with Crippen LogP contribution >= 0.6 is 12.4 Å². The van der Waals surface area contributed by atoms with Crippen molar-refractivity contribution in [2.75, 3.05) is 6.54 Å². The van der Waals surface area contributed by atoms with E-state index >= 15 is 0 Å². The molecule has 2 aliphatic carbocycles. The van der Waals surface area contributed by atoms with Gasteiger partial charge in [-0.15, -0.1) is 12.4 Å². The first-order valence-corrected chi connectivity index (χ1v) is 7.83. The van der Waals surface area contributed by atoms with Gasteiger partial charge < -0.3 is 11.1 Å². The van der Waals surface area contributed by atoms with Gasteiger partial charge in [0.1, 0.15) is 0 Å². The van der Waals surface area contributed by atoms with Gasteiger partial charge in [-0.3, -0.25) is 4.79 Å². The van der Waals surface area contributed by atoms with Crippen LogP contribution in [0.1, 0.15) is 44.1 Å². The van der Waals surface area contributed by atoms with Crippen molar-refractivity contribution < 1.29 is 4.79 Å². The Hall–Kier alpha value is -1.06. The van der Waals surface area contributed by atoms with E-state index in [1.54, 1.807) is 0 Å². The minimum absolute atomic E-state index is 0. The first-order chi connectivity index (χ1) is 9.75. The largest absolute Gasteiger partial charge is 0.346 e. The summed E-state index contributed by atoms with van der Waals surface area (Å²) < 4.78 is 0. The predicted octanol–water partition coefficient (Wildman–Crippen LogP) is 2.98. The molecule has 4 heteroatoms. The standard InChI is InChI=1S/C17H24N2O.ClH/c18-12-13-6-4-9-15(13)16(20)19-17(10-5-11-17)14-7-2-1-3-8-14;/h1-3,7-8,13,15H,4-6,9-12,18H2,(H,19,20);1H/t13-,15-;/m1./s1. The highest BCUT2D eigenvalue weighted by atomic mass is 35.5. The molecule has 2 aliphatic rings. The van der Waals surface area contributed by atoms with Gasteiger partial charge in [-0.1, -0.05) is 36.8 Å². The molecule has 1 aromatic rings. The van der Waals surface area contributed by atoms with Gasteiger partial charge in [-0.05, 0) is 50.1 Å². The maximum absolute atomic E-state index is 12.6. The number of carbonyl (C=O) groups excluding carboxylic acids is 1. The fourth-order valence-electron chi connectivity index (χ4n) is 3.77. The van der Waals surface area contributed by atoms with E-state index in [-0.39, 0.29) is 29.8 Å². The fraction of sp³-hybridized carbons (Fsp3) is 0.588. The lowest BCUT2D eigenvalue weighted by molar-refractivity contribution is -0.129. The highest BCUT2D eigenvalue weighted by Gasteiger charge is 2.42. The lowest BCUT2D eigenvalue weighted by Gasteiger charge is -2.44. The van der Waals surface area contributed by atoms with Crippen molar-refractivity contribution in [1.29, 1.82) is 0 Å². The summed E-state index contributed by atoms with van der Waals surface area (Å²) in [7, 11) is 0. The molecular formula is C17H25ClN2O. The maximum Gasteiger partial charge on any atom is 0.224 e. The second kappa shape index (κ2) is 6.80. The molecular weight excluding hydrogens is 284 g/mol. The van der Waals surface area contributed by atoms with Crippen LogP contribution < -0.4 is 11.1 Å². The normalized spacial score (nSPS) is 26.5. The number of hydrogen-bond acceptors (Lipinski definition) is 2. The molecule has 21 heavy (non-hydrogen) atoms. The van der Waals surface area contributed by atoms with Crippen LogP contribution in [0.5, 0.6) is 0 Å². The van der Waals surface area contributed by atoms with Crippen molar-refractivity contribution in [1.82, 2.24) is 5.32 Å². The Kier molecular flexibility index (Phi) is 5.28.